The molecule has 4 rings (SSSR count). The summed E-state index contributed by atoms with van der Waals surface area (Å²) in [6.07, 6.45) is 1.91. The van der Waals surface area contributed by atoms with Crippen LogP contribution in [-0.4, -0.2) is 34.1 Å². The smallest absolute Gasteiger partial charge is 0.257 e. The van der Waals surface area contributed by atoms with Crippen LogP contribution in [0.5, 0.6) is 0 Å². The molecule has 1 atom stereocenters. The van der Waals surface area contributed by atoms with Gasteiger partial charge in [-0.25, -0.2) is 0 Å². The molecule has 25 heavy (non-hydrogen) atoms. The standard InChI is InChI=1S/C19H19N3O2S/c1-13-9-10-16(25-13)18-21-20-17(24-18)15-8-5-11-22(12-15)19(23)14-6-3-2-4-7-14/h2-4,6-7,9-10,15H,5,8,11-12H2,1H3. The summed E-state index contributed by atoms with van der Waals surface area (Å²) in [5.41, 5.74) is 0.725. The topological polar surface area (TPSA) is 59.2 Å². The first-order valence-corrected chi connectivity index (χ1v) is 9.27. The van der Waals surface area contributed by atoms with Gasteiger partial charge in [0.1, 0.15) is 0 Å². The number of aromatic nitrogens is 2. The zero-order valence-electron chi connectivity index (χ0n) is 14.0. The molecule has 1 amide bonds. The number of likely N-dealkylation sites (tertiary alicyclic amines) is 1. The average Bonchev–Trinajstić information content (AvgIpc) is 3.31. The minimum absolute atomic E-state index is 0.0684. The first kappa shape index (κ1) is 16.0. The Kier molecular flexibility index (Phi) is 4.36. The van der Waals surface area contributed by atoms with Gasteiger partial charge in [-0.3, -0.25) is 4.79 Å². The predicted octanol–water partition coefficient (Wildman–Crippen LogP) is 4.13. The van der Waals surface area contributed by atoms with Crippen LogP contribution in [0.25, 0.3) is 10.8 Å². The number of thiophene rings is 1. The highest BCUT2D eigenvalue weighted by molar-refractivity contribution is 7.15. The summed E-state index contributed by atoms with van der Waals surface area (Å²) in [7, 11) is 0. The average molecular weight is 353 g/mol. The van der Waals surface area contributed by atoms with Gasteiger partial charge in [-0.1, -0.05) is 18.2 Å². The number of aryl methyl sites for hydroxylation is 1. The fraction of sp³-hybridized carbons (Fsp3) is 0.316. The minimum Gasteiger partial charge on any atom is -0.420 e. The maximum atomic E-state index is 12.7. The van der Waals surface area contributed by atoms with Gasteiger partial charge in [-0.15, -0.1) is 21.5 Å². The molecule has 0 aliphatic carbocycles. The molecule has 1 aliphatic heterocycles. The van der Waals surface area contributed by atoms with Crippen molar-refractivity contribution in [2.24, 2.45) is 0 Å². The van der Waals surface area contributed by atoms with Crippen LogP contribution in [0.3, 0.4) is 0 Å². The number of rotatable bonds is 3. The van der Waals surface area contributed by atoms with Crippen LogP contribution in [0, 0.1) is 6.92 Å². The number of carbonyl (C=O) groups excluding carboxylic acids is 1. The van der Waals surface area contributed by atoms with E-state index in [1.165, 1.54) is 4.88 Å². The first-order valence-electron chi connectivity index (χ1n) is 8.45. The molecule has 3 aromatic rings. The third-order valence-electron chi connectivity index (χ3n) is 4.47. The summed E-state index contributed by atoms with van der Waals surface area (Å²) in [6.45, 7) is 3.45. The SMILES string of the molecule is Cc1ccc(-c2nnc(C3CCCN(C(=O)c4ccccc4)C3)o2)s1. The molecular weight excluding hydrogens is 334 g/mol. The van der Waals surface area contributed by atoms with Crippen LogP contribution in [0.1, 0.15) is 39.9 Å². The van der Waals surface area contributed by atoms with E-state index in [1.54, 1.807) is 11.3 Å². The molecule has 2 aromatic heterocycles. The molecule has 1 saturated heterocycles. The molecule has 5 nitrogen and oxygen atoms in total. The van der Waals surface area contributed by atoms with Crippen molar-refractivity contribution < 1.29 is 9.21 Å². The van der Waals surface area contributed by atoms with Crippen LogP contribution < -0.4 is 0 Å². The third kappa shape index (κ3) is 3.35. The fourth-order valence-electron chi connectivity index (χ4n) is 3.18. The Morgan fingerprint density at radius 3 is 2.80 bits per heavy atom. The van der Waals surface area contributed by atoms with E-state index >= 15 is 0 Å². The number of hydrogen-bond donors (Lipinski definition) is 0. The second-order valence-electron chi connectivity index (χ2n) is 6.31. The summed E-state index contributed by atoms with van der Waals surface area (Å²) < 4.78 is 5.91. The van der Waals surface area contributed by atoms with Gasteiger partial charge < -0.3 is 9.32 Å². The van der Waals surface area contributed by atoms with Gasteiger partial charge in [0.2, 0.25) is 5.89 Å². The number of hydrogen-bond acceptors (Lipinski definition) is 5. The third-order valence-corrected chi connectivity index (χ3v) is 5.46. The highest BCUT2D eigenvalue weighted by Gasteiger charge is 2.29. The van der Waals surface area contributed by atoms with Crippen LogP contribution in [0.2, 0.25) is 0 Å². The lowest BCUT2D eigenvalue weighted by Gasteiger charge is -2.31. The zero-order valence-corrected chi connectivity index (χ0v) is 14.8. The van der Waals surface area contributed by atoms with Gasteiger partial charge in [-0.05, 0) is 44.0 Å². The molecule has 0 radical (unpaired) electrons. The second kappa shape index (κ2) is 6.80. The zero-order chi connectivity index (χ0) is 17.2. The van der Waals surface area contributed by atoms with Crippen molar-refractivity contribution in [3.63, 3.8) is 0 Å². The molecule has 128 valence electrons. The molecule has 1 aliphatic rings. The molecule has 0 spiro atoms. The van der Waals surface area contributed by atoms with Gasteiger partial charge in [-0.2, -0.15) is 0 Å². The van der Waals surface area contributed by atoms with E-state index in [1.807, 2.05) is 47.4 Å². The second-order valence-corrected chi connectivity index (χ2v) is 7.60. The van der Waals surface area contributed by atoms with E-state index in [9.17, 15) is 4.79 Å². The molecule has 1 fully saturated rings. The van der Waals surface area contributed by atoms with Crippen molar-refractivity contribution in [3.05, 3.63) is 58.8 Å². The van der Waals surface area contributed by atoms with E-state index < -0.39 is 0 Å². The van der Waals surface area contributed by atoms with Crippen LogP contribution in [0.4, 0.5) is 0 Å². The number of carbonyl (C=O) groups is 1. The summed E-state index contributed by atoms with van der Waals surface area (Å²) >= 11 is 1.64. The van der Waals surface area contributed by atoms with Crippen molar-refractivity contribution in [1.82, 2.24) is 15.1 Å². The maximum Gasteiger partial charge on any atom is 0.257 e. The van der Waals surface area contributed by atoms with Gasteiger partial charge in [0.05, 0.1) is 10.8 Å². The Morgan fingerprint density at radius 1 is 1.20 bits per heavy atom. The minimum atomic E-state index is 0.0684. The number of nitrogens with zero attached hydrogens (tertiary/aromatic N) is 3. The highest BCUT2D eigenvalue weighted by Crippen LogP contribution is 2.31. The van der Waals surface area contributed by atoms with Gasteiger partial charge in [0.15, 0.2) is 0 Å². The molecule has 0 bridgehead atoms. The molecule has 0 saturated carbocycles. The number of amides is 1. The monoisotopic (exact) mass is 353 g/mol. The number of benzene rings is 1. The summed E-state index contributed by atoms with van der Waals surface area (Å²) in [6, 6.07) is 13.5. The molecule has 6 heteroatoms. The van der Waals surface area contributed by atoms with Gasteiger partial charge >= 0.3 is 0 Å². The number of piperidine rings is 1. The van der Waals surface area contributed by atoms with Gasteiger partial charge in [0.25, 0.3) is 11.8 Å². The normalized spacial score (nSPS) is 17.6. The van der Waals surface area contributed by atoms with Crippen molar-refractivity contribution >= 4 is 17.2 Å². The highest BCUT2D eigenvalue weighted by atomic mass is 32.1. The maximum absolute atomic E-state index is 12.7. The van der Waals surface area contributed by atoms with E-state index in [4.69, 9.17) is 4.42 Å². The van der Waals surface area contributed by atoms with Gasteiger partial charge in [0, 0.05) is 23.5 Å². The Morgan fingerprint density at radius 2 is 2.04 bits per heavy atom. The van der Waals surface area contributed by atoms with Crippen LogP contribution >= 0.6 is 11.3 Å². The Hall–Kier alpha value is -2.47. The predicted molar refractivity (Wildman–Crippen MR) is 96.7 cm³/mol. The Bertz CT molecular complexity index is 872. The lowest BCUT2D eigenvalue weighted by atomic mass is 9.97. The lowest BCUT2D eigenvalue weighted by Crippen LogP contribution is -2.39. The summed E-state index contributed by atoms with van der Waals surface area (Å²) in [4.78, 5) is 16.8. The first-order chi connectivity index (χ1) is 12.2. The summed E-state index contributed by atoms with van der Waals surface area (Å²) in [5, 5.41) is 8.44. The van der Waals surface area contributed by atoms with Crippen LogP contribution in [0.15, 0.2) is 46.9 Å². The van der Waals surface area contributed by atoms with E-state index in [0.717, 1.165) is 29.8 Å². The van der Waals surface area contributed by atoms with Crippen molar-refractivity contribution in [3.8, 4) is 10.8 Å². The van der Waals surface area contributed by atoms with Crippen LogP contribution in [-0.2, 0) is 0 Å². The molecule has 0 N–H and O–H groups in total. The van der Waals surface area contributed by atoms with E-state index in [2.05, 4.69) is 17.1 Å². The van der Waals surface area contributed by atoms with E-state index in [-0.39, 0.29) is 11.8 Å². The summed E-state index contributed by atoms with van der Waals surface area (Å²) in [5.74, 6) is 1.37. The lowest BCUT2D eigenvalue weighted by molar-refractivity contribution is 0.0698. The molecule has 1 unspecified atom stereocenters. The fourth-order valence-corrected chi connectivity index (χ4v) is 3.96. The molecular formula is C19H19N3O2S. The largest absolute Gasteiger partial charge is 0.420 e. The van der Waals surface area contributed by atoms with Crippen molar-refractivity contribution in [2.75, 3.05) is 13.1 Å². The van der Waals surface area contributed by atoms with E-state index in [0.29, 0.717) is 18.3 Å². The Labute approximate surface area is 150 Å². The molecule has 1 aromatic carbocycles. The quantitative estimate of drug-likeness (QED) is 0.710. The van der Waals surface area contributed by atoms with Crippen molar-refractivity contribution in [1.29, 1.82) is 0 Å². The Balaban J connectivity index is 1.50. The van der Waals surface area contributed by atoms with Crippen molar-refractivity contribution in [2.45, 2.75) is 25.7 Å². The molecule has 3 heterocycles.